The van der Waals surface area contributed by atoms with E-state index in [9.17, 15) is 9.59 Å². The maximum absolute atomic E-state index is 12.0. The van der Waals surface area contributed by atoms with Crippen LogP contribution in [0.5, 0.6) is 0 Å². The Bertz CT molecular complexity index is 377. The second-order valence-corrected chi connectivity index (χ2v) is 6.90. The van der Waals surface area contributed by atoms with E-state index in [1.165, 1.54) is 12.8 Å². The van der Waals surface area contributed by atoms with Crippen molar-refractivity contribution in [3.63, 3.8) is 0 Å². The summed E-state index contributed by atoms with van der Waals surface area (Å²) >= 11 is 0. The highest BCUT2D eigenvalue weighted by Gasteiger charge is 2.27. The molecule has 0 bridgehead atoms. The molecule has 6 nitrogen and oxygen atoms in total. The molecule has 0 unspecified atom stereocenters. The Morgan fingerprint density at radius 1 is 0.960 bits per heavy atom. The van der Waals surface area contributed by atoms with Gasteiger partial charge in [-0.15, -0.1) is 0 Å². The van der Waals surface area contributed by atoms with Gasteiger partial charge in [0.25, 0.3) is 0 Å². The van der Waals surface area contributed by atoms with Crippen LogP contribution in [-0.2, 0) is 9.59 Å². The normalized spacial score (nSPS) is 15.1. The molecule has 0 radical (unpaired) electrons. The Labute approximate surface area is 152 Å². The Morgan fingerprint density at radius 3 is 2.24 bits per heavy atom. The van der Waals surface area contributed by atoms with E-state index in [0.717, 1.165) is 71.0 Å². The number of hydrazine groups is 1. The lowest BCUT2D eigenvalue weighted by Crippen LogP contribution is -2.40. The second kappa shape index (κ2) is 14.1. The van der Waals surface area contributed by atoms with E-state index in [-0.39, 0.29) is 11.8 Å². The van der Waals surface area contributed by atoms with Crippen LogP contribution in [0, 0.1) is 0 Å². The van der Waals surface area contributed by atoms with E-state index in [1.54, 1.807) is 7.05 Å². The number of amides is 2. The summed E-state index contributed by atoms with van der Waals surface area (Å²) in [6, 6.07) is 0. The predicted octanol–water partition coefficient (Wildman–Crippen LogP) is 2.47. The van der Waals surface area contributed by atoms with Crippen molar-refractivity contribution >= 4 is 11.8 Å². The molecule has 1 aliphatic heterocycles. The molecule has 1 fully saturated rings. The van der Waals surface area contributed by atoms with E-state index >= 15 is 0 Å². The van der Waals surface area contributed by atoms with Gasteiger partial charge < -0.3 is 10.4 Å². The number of nitrogens with one attached hydrogen (secondary N) is 1. The SMILES string of the molecule is CNC(=O)CCCCCCN1CCC(=O)N1CCCCCCCCO. The highest BCUT2D eigenvalue weighted by molar-refractivity contribution is 5.77. The topological polar surface area (TPSA) is 72.9 Å². The molecule has 0 spiro atoms. The fraction of sp³-hybridized carbons (Fsp3) is 0.895. The third kappa shape index (κ3) is 9.80. The number of carbonyl (C=O) groups is 2. The van der Waals surface area contributed by atoms with Gasteiger partial charge in [0.15, 0.2) is 0 Å². The summed E-state index contributed by atoms with van der Waals surface area (Å²) < 4.78 is 0. The van der Waals surface area contributed by atoms with Gasteiger partial charge in [0.2, 0.25) is 11.8 Å². The van der Waals surface area contributed by atoms with Gasteiger partial charge >= 0.3 is 0 Å². The van der Waals surface area contributed by atoms with E-state index < -0.39 is 0 Å². The maximum atomic E-state index is 12.0. The number of unbranched alkanes of at least 4 members (excludes halogenated alkanes) is 8. The molecule has 1 heterocycles. The molecular formula is C19H37N3O3. The number of aliphatic hydroxyl groups is 1. The monoisotopic (exact) mass is 355 g/mol. The number of aliphatic hydroxyl groups excluding tert-OH is 1. The molecule has 0 aromatic carbocycles. The van der Waals surface area contributed by atoms with Crippen molar-refractivity contribution in [2.45, 2.75) is 77.0 Å². The number of rotatable bonds is 15. The van der Waals surface area contributed by atoms with Gasteiger partial charge in [-0.1, -0.05) is 38.5 Å². The number of nitrogens with zero attached hydrogens (tertiary/aromatic N) is 2. The predicted molar refractivity (Wildman–Crippen MR) is 99.8 cm³/mol. The molecule has 1 saturated heterocycles. The molecule has 0 saturated carbocycles. The Kier molecular flexibility index (Phi) is 12.3. The van der Waals surface area contributed by atoms with Crippen LogP contribution in [-0.4, -0.2) is 60.2 Å². The minimum absolute atomic E-state index is 0.118. The highest BCUT2D eigenvalue weighted by Crippen LogP contribution is 2.16. The fourth-order valence-corrected chi connectivity index (χ4v) is 3.27. The Morgan fingerprint density at radius 2 is 1.56 bits per heavy atom. The van der Waals surface area contributed by atoms with Crippen LogP contribution in [0.3, 0.4) is 0 Å². The van der Waals surface area contributed by atoms with E-state index in [0.29, 0.717) is 19.4 Å². The summed E-state index contributed by atoms with van der Waals surface area (Å²) in [5.74, 6) is 0.382. The molecule has 25 heavy (non-hydrogen) atoms. The molecule has 1 aliphatic rings. The van der Waals surface area contributed by atoms with Gasteiger partial charge in [-0.3, -0.25) is 14.6 Å². The lowest BCUT2D eigenvalue weighted by molar-refractivity contribution is -0.138. The average Bonchev–Trinajstić information content (AvgIpc) is 2.97. The molecule has 2 N–H and O–H groups in total. The molecule has 1 rings (SSSR count). The first-order valence-electron chi connectivity index (χ1n) is 10.1. The average molecular weight is 356 g/mol. The summed E-state index contributed by atoms with van der Waals surface area (Å²) in [7, 11) is 1.68. The number of hydrogen-bond acceptors (Lipinski definition) is 4. The van der Waals surface area contributed by atoms with Crippen molar-refractivity contribution in [2.24, 2.45) is 0 Å². The van der Waals surface area contributed by atoms with E-state index in [4.69, 9.17) is 5.11 Å². The summed E-state index contributed by atoms with van der Waals surface area (Å²) in [4.78, 5) is 23.2. The standard InChI is InChI=1S/C19H37N3O3/c1-20-18(24)12-8-4-6-9-14-21-16-13-19(25)22(21)15-10-5-2-3-7-11-17-23/h23H,2-17H2,1H3,(H,20,24). The van der Waals surface area contributed by atoms with Crippen molar-refractivity contribution in [2.75, 3.05) is 33.3 Å². The molecule has 6 heteroatoms. The first-order valence-corrected chi connectivity index (χ1v) is 10.1. The largest absolute Gasteiger partial charge is 0.396 e. The second-order valence-electron chi connectivity index (χ2n) is 6.90. The summed E-state index contributed by atoms with van der Waals surface area (Å²) in [6.07, 6.45) is 12.1. The van der Waals surface area contributed by atoms with E-state index in [1.807, 2.05) is 5.01 Å². The zero-order chi connectivity index (χ0) is 18.3. The minimum atomic E-state index is 0.118. The first kappa shape index (κ1) is 21.9. The van der Waals surface area contributed by atoms with Gasteiger partial charge in [-0.05, 0) is 25.7 Å². The molecule has 146 valence electrons. The Balaban J connectivity index is 2.08. The number of carbonyl (C=O) groups excluding carboxylic acids is 2. The van der Waals surface area contributed by atoms with Gasteiger partial charge in [0.1, 0.15) is 0 Å². The quantitative estimate of drug-likeness (QED) is 0.443. The molecule has 0 aliphatic carbocycles. The van der Waals surface area contributed by atoms with Gasteiger partial charge in [0.05, 0.1) is 0 Å². The molecule has 0 aromatic rings. The summed E-state index contributed by atoms with van der Waals surface area (Å²) in [5.41, 5.74) is 0. The van der Waals surface area contributed by atoms with Crippen molar-refractivity contribution < 1.29 is 14.7 Å². The third-order valence-electron chi connectivity index (χ3n) is 4.84. The van der Waals surface area contributed by atoms with Crippen LogP contribution in [0.4, 0.5) is 0 Å². The molecular weight excluding hydrogens is 318 g/mol. The molecule has 0 aromatic heterocycles. The Hall–Kier alpha value is -1.14. The van der Waals surface area contributed by atoms with Crippen molar-refractivity contribution in [3.05, 3.63) is 0 Å². The fourth-order valence-electron chi connectivity index (χ4n) is 3.27. The summed E-state index contributed by atoms with van der Waals surface area (Å²) in [6.45, 7) is 2.94. The van der Waals surface area contributed by atoms with Gasteiger partial charge in [-0.25, -0.2) is 5.01 Å². The van der Waals surface area contributed by atoms with Crippen molar-refractivity contribution in [1.82, 2.24) is 15.3 Å². The number of hydrogen-bond donors (Lipinski definition) is 2. The van der Waals surface area contributed by atoms with Crippen LogP contribution in [0.1, 0.15) is 77.0 Å². The van der Waals surface area contributed by atoms with Crippen molar-refractivity contribution in [1.29, 1.82) is 0 Å². The van der Waals surface area contributed by atoms with Gasteiger partial charge in [-0.2, -0.15) is 0 Å². The van der Waals surface area contributed by atoms with Crippen molar-refractivity contribution in [3.8, 4) is 0 Å². The molecule has 2 amide bonds. The summed E-state index contributed by atoms with van der Waals surface area (Å²) in [5, 5.41) is 15.6. The molecule has 0 atom stereocenters. The minimum Gasteiger partial charge on any atom is -0.396 e. The van der Waals surface area contributed by atoms with Gasteiger partial charge in [0, 0.05) is 46.1 Å². The van der Waals surface area contributed by atoms with E-state index in [2.05, 4.69) is 10.3 Å². The zero-order valence-corrected chi connectivity index (χ0v) is 16.0. The van der Waals surface area contributed by atoms with Crippen LogP contribution in [0.25, 0.3) is 0 Å². The first-order chi connectivity index (χ1) is 12.2. The maximum Gasteiger partial charge on any atom is 0.238 e. The van der Waals surface area contributed by atoms with Crippen LogP contribution < -0.4 is 5.32 Å². The lowest BCUT2D eigenvalue weighted by atomic mass is 10.1. The third-order valence-corrected chi connectivity index (χ3v) is 4.84. The highest BCUT2D eigenvalue weighted by atomic mass is 16.3. The lowest BCUT2D eigenvalue weighted by Gasteiger charge is -2.28. The van der Waals surface area contributed by atoms with Crippen LogP contribution in [0.15, 0.2) is 0 Å². The van der Waals surface area contributed by atoms with Crippen LogP contribution in [0.2, 0.25) is 0 Å². The van der Waals surface area contributed by atoms with Crippen LogP contribution >= 0.6 is 0 Å². The zero-order valence-electron chi connectivity index (χ0n) is 16.0. The smallest absolute Gasteiger partial charge is 0.238 e.